The predicted molar refractivity (Wildman–Crippen MR) is 150 cm³/mol. The number of hydrogen-bond acceptors (Lipinski definition) is 8. The van der Waals surface area contributed by atoms with Gasteiger partial charge in [-0.15, -0.1) is 0 Å². The van der Waals surface area contributed by atoms with E-state index in [-0.39, 0.29) is 17.4 Å². The van der Waals surface area contributed by atoms with Gasteiger partial charge in [0.05, 0.1) is 11.2 Å². The minimum atomic E-state index is -0.374. The maximum Gasteiger partial charge on any atom is 0.319 e. The summed E-state index contributed by atoms with van der Waals surface area (Å²) in [6, 6.07) is 8.76. The summed E-state index contributed by atoms with van der Waals surface area (Å²) in [7, 11) is 0. The van der Waals surface area contributed by atoms with Crippen LogP contribution in [0.1, 0.15) is 62.8 Å². The molecule has 39 heavy (non-hydrogen) atoms. The molecule has 2 aromatic heterocycles. The molecule has 5 fully saturated rings. The molecule has 1 aliphatic carbocycles. The van der Waals surface area contributed by atoms with Gasteiger partial charge in [-0.2, -0.15) is 9.97 Å². The molecule has 1 saturated carbocycles. The van der Waals surface area contributed by atoms with E-state index in [1.54, 1.807) is 0 Å². The van der Waals surface area contributed by atoms with Crippen LogP contribution in [0.25, 0.3) is 22.2 Å². The van der Waals surface area contributed by atoms with Crippen molar-refractivity contribution >= 4 is 22.5 Å². The van der Waals surface area contributed by atoms with Crippen molar-refractivity contribution < 1.29 is 9.13 Å². The number of ether oxygens (including phenoxy) is 1. The third-order valence-electron chi connectivity index (χ3n) is 9.78. The zero-order valence-corrected chi connectivity index (χ0v) is 22.3. The third kappa shape index (κ3) is 4.04. The van der Waals surface area contributed by atoms with Crippen LogP contribution in [0, 0.1) is 5.82 Å². The molecule has 0 radical (unpaired) electrons. The molecule has 9 heteroatoms. The maximum atomic E-state index is 16.5. The van der Waals surface area contributed by atoms with E-state index in [0.717, 1.165) is 81.5 Å². The average molecular weight is 530 g/mol. The first-order valence-corrected chi connectivity index (χ1v) is 14.7. The summed E-state index contributed by atoms with van der Waals surface area (Å²) in [5.41, 5.74) is 8.58. The number of halogens is 1. The SMILES string of the molecule is Nc1ccc(C2CC2)c(-c2ccc3c(N4CC5CCC(C4)N5)nc(OCC45CCCN4CCC5)nc3c2F)n1. The number of pyridine rings is 1. The molecular formula is C30H36FN7O. The molecular weight excluding hydrogens is 493 g/mol. The van der Waals surface area contributed by atoms with E-state index in [0.29, 0.717) is 47.2 Å². The van der Waals surface area contributed by atoms with Gasteiger partial charge >= 0.3 is 6.01 Å². The average Bonchev–Trinajstić information content (AvgIpc) is 3.46. The van der Waals surface area contributed by atoms with Crippen molar-refractivity contribution in [1.82, 2.24) is 25.2 Å². The van der Waals surface area contributed by atoms with Crippen LogP contribution >= 0.6 is 0 Å². The Morgan fingerprint density at radius 2 is 1.74 bits per heavy atom. The van der Waals surface area contributed by atoms with Crippen LogP contribution in [-0.4, -0.2) is 70.3 Å². The molecule has 2 atom stereocenters. The summed E-state index contributed by atoms with van der Waals surface area (Å²) in [4.78, 5) is 19.1. The monoisotopic (exact) mass is 529 g/mol. The largest absolute Gasteiger partial charge is 0.461 e. The Kier molecular flexibility index (Phi) is 5.49. The van der Waals surface area contributed by atoms with E-state index in [2.05, 4.69) is 20.1 Å². The van der Waals surface area contributed by atoms with Gasteiger partial charge in [0.1, 0.15) is 23.8 Å². The highest BCUT2D eigenvalue weighted by molar-refractivity contribution is 5.93. The number of nitrogen functional groups attached to an aromatic ring is 1. The molecule has 4 aliphatic heterocycles. The number of nitrogens with two attached hydrogens (primary N) is 1. The van der Waals surface area contributed by atoms with Crippen LogP contribution in [0.5, 0.6) is 6.01 Å². The van der Waals surface area contributed by atoms with E-state index in [1.807, 2.05) is 24.3 Å². The first-order valence-electron chi connectivity index (χ1n) is 14.7. The molecule has 8 rings (SSSR count). The topological polar surface area (TPSA) is 92.4 Å². The Bertz CT molecular complexity index is 1420. The van der Waals surface area contributed by atoms with Gasteiger partial charge in [-0.05, 0) is 94.1 Å². The van der Waals surface area contributed by atoms with E-state index < -0.39 is 0 Å². The molecule has 8 nitrogen and oxygen atoms in total. The highest BCUT2D eigenvalue weighted by atomic mass is 19.1. The lowest BCUT2D eigenvalue weighted by Gasteiger charge is -2.34. The van der Waals surface area contributed by atoms with E-state index >= 15 is 4.39 Å². The molecule has 0 amide bonds. The summed E-state index contributed by atoms with van der Waals surface area (Å²) >= 11 is 0. The zero-order valence-electron chi connectivity index (χ0n) is 22.3. The third-order valence-corrected chi connectivity index (χ3v) is 9.78. The van der Waals surface area contributed by atoms with Crippen LogP contribution in [0.3, 0.4) is 0 Å². The van der Waals surface area contributed by atoms with E-state index in [1.165, 1.54) is 12.8 Å². The Hall–Kier alpha value is -3.04. The van der Waals surface area contributed by atoms with Crippen molar-refractivity contribution in [3.05, 3.63) is 35.6 Å². The molecule has 4 saturated heterocycles. The second-order valence-electron chi connectivity index (χ2n) is 12.4. The zero-order chi connectivity index (χ0) is 26.1. The highest BCUT2D eigenvalue weighted by Gasteiger charge is 2.45. The van der Waals surface area contributed by atoms with Crippen molar-refractivity contribution in [2.45, 2.75) is 74.9 Å². The van der Waals surface area contributed by atoms with Crippen LogP contribution in [0.4, 0.5) is 16.0 Å². The number of nitrogens with zero attached hydrogens (tertiary/aromatic N) is 5. The molecule has 2 unspecified atom stereocenters. The number of anilines is 2. The minimum absolute atomic E-state index is 0.0671. The Morgan fingerprint density at radius 1 is 0.974 bits per heavy atom. The molecule has 0 spiro atoms. The van der Waals surface area contributed by atoms with Crippen LogP contribution < -0.4 is 20.7 Å². The number of fused-ring (bicyclic) bond motifs is 4. The minimum Gasteiger partial charge on any atom is -0.461 e. The molecule has 1 aromatic carbocycles. The number of piperazine rings is 1. The lowest BCUT2D eigenvalue weighted by atomic mass is 9.95. The normalized spacial score (nSPS) is 25.9. The van der Waals surface area contributed by atoms with Gasteiger partial charge < -0.3 is 20.7 Å². The van der Waals surface area contributed by atoms with Crippen LogP contribution in [-0.2, 0) is 0 Å². The lowest BCUT2D eigenvalue weighted by Crippen LogP contribution is -2.51. The van der Waals surface area contributed by atoms with Gasteiger partial charge in [0, 0.05) is 36.1 Å². The first-order chi connectivity index (χ1) is 19.1. The quantitative estimate of drug-likeness (QED) is 0.490. The summed E-state index contributed by atoms with van der Waals surface area (Å²) < 4.78 is 22.9. The van der Waals surface area contributed by atoms with Crippen LogP contribution in [0.15, 0.2) is 24.3 Å². The Balaban J connectivity index is 1.23. The highest BCUT2D eigenvalue weighted by Crippen LogP contribution is 2.45. The lowest BCUT2D eigenvalue weighted by molar-refractivity contribution is 0.108. The van der Waals surface area contributed by atoms with E-state index in [9.17, 15) is 0 Å². The fourth-order valence-electron chi connectivity index (χ4n) is 7.67. The van der Waals surface area contributed by atoms with Gasteiger partial charge in [0.25, 0.3) is 0 Å². The number of hydrogen-bond donors (Lipinski definition) is 2. The van der Waals surface area contributed by atoms with Crippen molar-refractivity contribution in [2.24, 2.45) is 0 Å². The molecule has 5 aliphatic rings. The Labute approximate surface area is 228 Å². The van der Waals surface area contributed by atoms with Gasteiger partial charge in [-0.3, -0.25) is 4.90 Å². The van der Waals surface area contributed by atoms with Crippen molar-refractivity contribution in [3.63, 3.8) is 0 Å². The fourth-order valence-corrected chi connectivity index (χ4v) is 7.67. The van der Waals surface area contributed by atoms with Crippen molar-refractivity contribution in [1.29, 1.82) is 0 Å². The summed E-state index contributed by atoms with van der Waals surface area (Å²) in [5.74, 6) is 1.21. The summed E-state index contributed by atoms with van der Waals surface area (Å²) in [6.45, 7) is 4.52. The number of nitrogens with one attached hydrogen (secondary N) is 1. The molecule has 2 bridgehead atoms. The van der Waals surface area contributed by atoms with Crippen molar-refractivity contribution in [3.8, 4) is 17.3 Å². The van der Waals surface area contributed by atoms with Gasteiger partial charge in [-0.1, -0.05) is 6.07 Å². The van der Waals surface area contributed by atoms with Gasteiger partial charge in [0.2, 0.25) is 0 Å². The predicted octanol–water partition coefficient (Wildman–Crippen LogP) is 4.24. The summed E-state index contributed by atoms with van der Waals surface area (Å²) in [5, 5.41) is 4.42. The van der Waals surface area contributed by atoms with Gasteiger partial charge in [-0.25, -0.2) is 9.37 Å². The smallest absolute Gasteiger partial charge is 0.319 e. The summed E-state index contributed by atoms with van der Waals surface area (Å²) in [6.07, 6.45) is 9.20. The standard InChI is InChI=1S/C30H36FN7O/c31-25-22(26-21(18-3-4-18)9-10-24(32)34-26)7-8-23-27(25)35-29(39-17-30-11-1-13-38(30)14-2-12-30)36-28(23)37-15-19-5-6-20(16-37)33-19/h7-10,18-20,33H,1-6,11-17H2,(H2,32,34). The Morgan fingerprint density at radius 3 is 2.49 bits per heavy atom. The van der Waals surface area contributed by atoms with Crippen molar-refractivity contribution in [2.75, 3.05) is 43.4 Å². The first kappa shape index (κ1) is 23.8. The molecule has 3 N–H and O–H groups in total. The molecule has 3 aromatic rings. The fraction of sp³-hybridized carbons (Fsp3) is 0.567. The number of aromatic nitrogens is 3. The second-order valence-corrected chi connectivity index (χ2v) is 12.4. The van der Waals surface area contributed by atoms with E-state index in [4.69, 9.17) is 20.4 Å². The number of benzene rings is 1. The molecule has 6 heterocycles. The van der Waals surface area contributed by atoms with Crippen LogP contribution in [0.2, 0.25) is 0 Å². The number of rotatable bonds is 6. The maximum absolute atomic E-state index is 16.5. The van der Waals surface area contributed by atoms with Gasteiger partial charge in [0.15, 0.2) is 5.82 Å². The second kappa shape index (κ2) is 8.99. The molecule has 204 valence electrons.